The van der Waals surface area contributed by atoms with Crippen LogP contribution in [0.5, 0.6) is 0 Å². The molecule has 1 aromatic carbocycles. The first kappa shape index (κ1) is 13.8. The second-order valence-electron chi connectivity index (χ2n) is 4.57. The number of carboxylic acids is 1. The Morgan fingerprint density at radius 3 is 2.15 bits per heavy atom. The Labute approximate surface area is 116 Å². The van der Waals surface area contributed by atoms with Crippen LogP contribution in [-0.4, -0.2) is 15.6 Å². The third kappa shape index (κ3) is 3.03. The molecule has 4 heteroatoms. The molecular weight excluding hydrogens is 254 g/mol. The zero-order valence-corrected chi connectivity index (χ0v) is 11.3. The van der Waals surface area contributed by atoms with Gasteiger partial charge in [-0.1, -0.05) is 12.1 Å². The van der Waals surface area contributed by atoms with Crippen molar-refractivity contribution >= 4 is 12.0 Å². The van der Waals surface area contributed by atoms with Crippen molar-refractivity contribution in [2.24, 2.45) is 0 Å². The Bertz CT molecular complexity index is 698. The van der Waals surface area contributed by atoms with Crippen molar-refractivity contribution in [3.05, 3.63) is 69.6 Å². The summed E-state index contributed by atoms with van der Waals surface area (Å²) in [6.07, 6.45) is 2.64. The Kier molecular flexibility index (Phi) is 3.84. The minimum absolute atomic E-state index is 0.00254. The van der Waals surface area contributed by atoms with Gasteiger partial charge in [0.2, 0.25) is 0 Å². The highest BCUT2D eigenvalue weighted by atomic mass is 16.4. The van der Waals surface area contributed by atoms with Crippen LogP contribution < -0.4 is 5.43 Å². The number of rotatable bonds is 3. The normalized spacial score (nSPS) is 10.9. The maximum Gasteiger partial charge on any atom is 0.328 e. The highest BCUT2D eigenvalue weighted by Crippen LogP contribution is 2.15. The van der Waals surface area contributed by atoms with E-state index in [2.05, 4.69) is 0 Å². The van der Waals surface area contributed by atoms with Crippen LogP contribution >= 0.6 is 0 Å². The molecule has 0 radical (unpaired) electrons. The van der Waals surface area contributed by atoms with Crippen LogP contribution in [-0.2, 0) is 4.79 Å². The summed E-state index contributed by atoms with van der Waals surface area (Å²) >= 11 is 0. The Morgan fingerprint density at radius 1 is 1.10 bits per heavy atom. The summed E-state index contributed by atoms with van der Waals surface area (Å²) in [7, 11) is 0. The summed E-state index contributed by atoms with van der Waals surface area (Å²) in [5.41, 5.74) is 3.48. The lowest BCUT2D eigenvalue weighted by atomic mass is 10.1. The van der Waals surface area contributed by atoms with Crippen LogP contribution in [0.2, 0.25) is 0 Å². The first-order chi connectivity index (χ1) is 9.47. The van der Waals surface area contributed by atoms with E-state index in [-0.39, 0.29) is 5.43 Å². The van der Waals surface area contributed by atoms with Gasteiger partial charge in [0.1, 0.15) is 0 Å². The standard InChI is InChI=1S/C16H15NO3/c1-11-9-15(18)10-12(2)17(11)14-6-3-13(4-7-14)5-8-16(19)20/h3-10H,1-2H3,(H,19,20)/b8-5+. The van der Waals surface area contributed by atoms with Crippen molar-refractivity contribution < 1.29 is 9.90 Å². The third-order valence-electron chi connectivity index (χ3n) is 2.98. The van der Waals surface area contributed by atoms with Crippen molar-refractivity contribution in [3.8, 4) is 5.69 Å². The van der Waals surface area contributed by atoms with E-state index in [0.29, 0.717) is 0 Å². The quantitative estimate of drug-likeness (QED) is 0.871. The minimum Gasteiger partial charge on any atom is -0.478 e. The molecule has 0 saturated carbocycles. The second kappa shape index (κ2) is 5.57. The van der Waals surface area contributed by atoms with Gasteiger partial charge >= 0.3 is 5.97 Å². The zero-order chi connectivity index (χ0) is 14.7. The number of aromatic nitrogens is 1. The molecule has 0 spiro atoms. The SMILES string of the molecule is Cc1cc(=O)cc(C)n1-c1ccc(/C=C/C(=O)O)cc1. The molecule has 1 heterocycles. The lowest BCUT2D eigenvalue weighted by Gasteiger charge is -2.14. The number of carbonyl (C=O) groups is 1. The van der Waals surface area contributed by atoms with Crippen molar-refractivity contribution in [2.75, 3.05) is 0 Å². The average Bonchev–Trinajstić information content (AvgIpc) is 2.36. The van der Waals surface area contributed by atoms with Gasteiger partial charge in [0.05, 0.1) is 0 Å². The number of aryl methyl sites for hydroxylation is 2. The van der Waals surface area contributed by atoms with Crippen LogP contribution in [0.4, 0.5) is 0 Å². The van der Waals surface area contributed by atoms with Gasteiger partial charge in [-0.3, -0.25) is 4.79 Å². The molecule has 2 rings (SSSR count). The van der Waals surface area contributed by atoms with E-state index >= 15 is 0 Å². The van der Waals surface area contributed by atoms with E-state index in [0.717, 1.165) is 28.7 Å². The van der Waals surface area contributed by atoms with E-state index in [1.807, 2.05) is 42.7 Å². The second-order valence-corrected chi connectivity index (χ2v) is 4.57. The predicted molar refractivity (Wildman–Crippen MR) is 78.2 cm³/mol. The number of hydrogen-bond acceptors (Lipinski definition) is 2. The molecule has 0 aliphatic carbocycles. The molecule has 0 saturated heterocycles. The summed E-state index contributed by atoms with van der Waals surface area (Å²) in [5, 5.41) is 8.59. The average molecular weight is 269 g/mol. The topological polar surface area (TPSA) is 59.3 Å². The fourth-order valence-corrected chi connectivity index (χ4v) is 2.17. The van der Waals surface area contributed by atoms with Crippen molar-refractivity contribution in [1.82, 2.24) is 4.57 Å². The van der Waals surface area contributed by atoms with Crippen molar-refractivity contribution in [1.29, 1.82) is 0 Å². The van der Waals surface area contributed by atoms with Crippen LogP contribution in [0.1, 0.15) is 17.0 Å². The fourth-order valence-electron chi connectivity index (χ4n) is 2.17. The van der Waals surface area contributed by atoms with Gasteiger partial charge in [-0.2, -0.15) is 0 Å². The van der Waals surface area contributed by atoms with Crippen LogP contribution in [0, 0.1) is 13.8 Å². The number of pyridine rings is 1. The van der Waals surface area contributed by atoms with E-state index in [9.17, 15) is 9.59 Å². The summed E-state index contributed by atoms with van der Waals surface area (Å²) in [5.74, 6) is -0.971. The van der Waals surface area contributed by atoms with Crippen LogP contribution in [0.25, 0.3) is 11.8 Å². The zero-order valence-electron chi connectivity index (χ0n) is 11.3. The van der Waals surface area contributed by atoms with Gasteiger partial charge < -0.3 is 9.67 Å². The monoisotopic (exact) mass is 269 g/mol. The summed E-state index contributed by atoms with van der Waals surface area (Å²) < 4.78 is 1.98. The van der Waals surface area contributed by atoms with E-state index < -0.39 is 5.97 Å². The Morgan fingerprint density at radius 2 is 1.65 bits per heavy atom. The smallest absolute Gasteiger partial charge is 0.328 e. The largest absolute Gasteiger partial charge is 0.478 e. The molecule has 0 amide bonds. The van der Waals surface area contributed by atoms with E-state index in [1.54, 1.807) is 12.1 Å². The molecule has 1 aromatic heterocycles. The van der Waals surface area contributed by atoms with Gasteiger partial charge in [-0.25, -0.2) is 4.79 Å². The molecule has 4 nitrogen and oxygen atoms in total. The third-order valence-corrected chi connectivity index (χ3v) is 2.98. The van der Waals surface area contributed by atoms with Crippen molar-refractivity contribution in [2.45, 2.75) is 13.8 Å². The lowest BCUT2D eigenvalue weighted by Crippen LogP contribution is -2.11. The summed E-state index contributed by atoms with van der Waals surface area (Å²) in [6, 6.07) is 10.6. The highest BCUT2D eigenvalue weighted by molar-refractivity contribution is 5.85. The molecule has 0 bridgehead atoms. The Hall–Kier alpha value is -2.62. The first-order valence-corrected chi connectivity index (χ1v) is 6.19. The predicted octanol–water partition coefficient (Wildman–Crippen LogP) is 2.55. The molecule has 0 fully saturated rings. The molecule has 0 unspecified atom stereocenters. The van der Waals surface area contributed by atoms with Gasteiger partial charge in [0.15, 0.2) is 5.43 Å². The molecule has 2 aromatic rings. The maximum absolute atomic E-state index is 11.4. The lowest BCUT2D eigenvalue weighted by molar-refractivity contribution is -0.131. The molecule has 20 heavy (non-hydrogen) atoms. The van der Waals surface area contributed by atoms with Crippen LogP contribution in [0.3, 0.4) is 0 Å². The maximum atomic E-state index is 11.4. The van der Waals surface area contributed by atoms with Gasteiger partial charge in [-0.15, -0.1) is 0 Å². The Balaban J connectivity index is 2.40. The molecule has 0 atom stereocenters. The number of aliphatic carboxylic acids is 1. The fraction of sp³-hybridized carbons (Fsp3) is 0.125. The van der Waals surface area contributed by atoms with Crippen molar-refractivity contribution in [3.63, 3.8) is 0 Å². The highest BCUT2D eigenvalue weighted by Gasteiger charge is 2.03. The molecule has 1 N–H and O–H groups in total. The minimum atomic E-state index is -0.971. The number of benzene rings is 1. The van der Waals surface area contributed by atoms with Gasteiger partial charge in [0, 0.05) is 35.3 Å². The van der Waals surface area contributed by atoms with E-state index in [1.165, 1.54) is 6.08 Å². The van der Waals surface area contributed by atoms with Gasteiger partial charge in [0.25, 0.3) is 0 Å². The molecule has 0 aliphatic rings. The summed E-state index contributed by atoms with van der Waals surface area (Å²) in [4.78, 5) is 21.9. The summed E-state index contributed by atoms with van der Waals surface area (Å²) in [6.45, 7) is 3.76. The molecular formula is C16H15NO3. The number of hydrogen-bond donors (Lipinski definition) is 1. The first-order valence-electron chi connectivity index (χ1n) is 6.19. The van der Waals surface area contributed by atoms with Gasteiger partial charge in [-0.05, 0) is 37.6 Å². The molecule has 0 aliphatic heterocycles. The molecule has 102 valence electrons. The number of nitrogens with zero attached hydrogens (tertiary/aromatic N) is 1. The van der Waals surface area contributed by atoms with E-state index in [4.69, 9.17) is 5.11 Å². The number of carboxylic acid groups (broad SMARTS) is 1. The van der Waals surface area contributed by atoms with Crippen LogP contribution in [0.15, 0.2) is 47.3 Å².